The van der Waals surface area contributed by atoms with E-state index in [1.165, 1.54) is 0 Å². The van der Waals surface area contributed by atoms with Crippen molar-refractivity contribution in [2.45, 2.75) is 25.8 Å². The van der Waals surface area contributed by atoms with Crippen LogP contribution >= 0.6 is 0 Å². The molecule has 1 aromatic carbocycles. The van der Waals surface area contributed by atoms with Crippen molar-refractivity contribution in [2.24, 2.45) is 0 Å². The van der Waals surface area contributed by atoms with Gasteiger partial charge in [-0.15, -0.1) is 10.2 Å². The zero-order chi connectivity index (χ0) is 19.7. The minimum absolute atomic E-state index is 0.110. The van der Waals surface area contributed by atoms with Crippen LogP contribution in [0.25, 0.3) is 22.0 Å². The third-order valence-electron chi connectivity index (χ3n) is 5.31. The van der Waals surface area contributed by atoms with Gasteiger partial charge in [0, 0.05) is 46.9 Å². The normalized spacial score (nSPS) is 17.6. The van der Waals surface area contributed by atoms with E-state index in [1.54, 1.807) is 31.5 Å². The summed E-state index contributed by atoms with van der Waals surface area (Å²) in [6.45, 7) is 4.07. The van der Waals surface area contributed by atoms with E-state index in [-0.39, 0.29) is 5.75 Å². The number of phenolic OH excluding ortho intramolecular Hbond substituents is 1. The topological polar surface area (TPSA) is 83.4 Å². The number of fused-ring (bicyclic) bond motifs is 1. The second-order valence-electron chi connectivity index (χ2n) is 7.34. The largest absolute Gasteiger partial charge is 0.507 e. The number of aromatic nitrogens is 3. The van der Waals surface area contributed by atoms with Crippen molar-refractivity contribution in [1.29, 1.82) is 0 Å². The summed E-state index contributed by atoms with van der Waals surface area (Å²) in [5.41, 5.74) is 2.13. The Morgan fingerprint density at radius 1 is 1.25 bits per heavy atom. The first-order valence-electron chi connectivity index (χ1n) is 9.51. The number of likely N-dealkylation sites (N-methyl/N-ethyl adjacent to an activating group) is 1. The molecule has 2 N–H and O–H groups in total. The highest BCUT2D eigenvalue weighted by atomic mass is 16.5. The first kappa shape index (κ1) is 18.4. The van der Waals surface area contributed by atoms with E-state index in [0.29, 0.717) is 23.0 Å². The molecule has 7 nitrogen and oxygen atoms in total. The van der Waals surface area contributed by atoms with Crippen LogP contribution in [-0.2, 0) is 0 Å². The van der Waals surface area contributed by atoms with Crippen LogP contribution in [0.5, 0.6) is 11.5 Å². The van der Waals surface area contributed by atoms with Crippen LogP contribution in [0.2, 0.25) is 0 Å². The van der Waals surface area contributed by atoms with Gasteiger partial charge in [0.25, 0.3) is 0 Å². The smallest absolute Gasteiger partial charge is 0.158 e. The Hall–Kier alpha value is -2.93. The Labute approximate surface area is 164 Å². The van der Waals surface area contributed by atoms with Gasteiger partial charge in [0.05, 0.1) is 7.11 Å². The average molecular weight is 379 g/mol. The monoisotopic (exact) mass is 379 g/mol. The highest BCUT2D eigenvalue weighted by Gasteiger charge is 2.21. The number of aromatic hydroxyl groups is 1. The molecule has 1 atom stereocenters. The van der Waals surface area contributed by atoms with Gasteiger partial charge in [0.2, 0.25) is 0 Å². The molecule has 0 bridgehead atoms. The predicted molar refractivity (Wildman–Crippen MR) is 110 cm³/mol. The molecular weight excluding hydrogens is 354 g/mol. The van der Waals surface area contributed by atoms with Crippen LogP contribution in [0.15, 0.2) is 30.5 Å². The molecule has 0 radical (unpaired) electrons. The van der Waals surface area contributed by atoms with Gasteiger partial charge < -0.3 is 20.1 Å². The lowest BCUT2D eigenvalue weighted by atomic mass is 10.0. The highest BCUT2D eigenvalue weighted by Crippen LogP contribution is 2.37. The van der Waals surface area contributed by atoms with Crippen molar-refractivity contribution in [2.75, 3.05) is 32.6 Å². The number of phenols is 1. The molecule has 0 aliphatic carbocycles. The van der Waals surface area contributed by atoms with Crippen molar-refractivity contribution in [1.82, 2.24) is 20.1 Å². The van der Waals surface area contributed by atoms with Crippen molar-refractivity contribution in [3.8, 4) is 22.8 Å². The van der Waals surface area contributed by atoms with Crippen LogP contribution in [0.3, 0.4) is 0 Å². The molecule has 1 aliphatic heterocycles. The number of nitrogens with one attached hydrogen (secondary N) is 1. The maximum absolute atomic E-state index is 10.5. The maximum atomic E-state index is 10.5. The van der Waals surface area contributed by atoms with Crippen LogP contribution in [-0.4, -0.2) is 58.5 Å². The van der Waals surface area contributed by atoms with Gasteiger partial charge in [-0.2, -0.15) is 0 Å². The van der Waals surface area contributed by atoms with Crippen molar-refractivity contribution < 1.29 is 9.84 Å². The fraction of sp³-hybridized carbons (Fsp3) is 0.381. The second kappa shape index (κ2) is 7.59. The molecule has 4 rings (SSSR count). The summed E-state index contributed by atoms with van der Waals surface area (Å²) >= 11 is 0. The molecule has 1 fully saturated rings. The number of ether oxygens (including phenoxy) is 1. The van der Waals surface area contributed by atoms with E-state index in [4.69, 9.17) is 4.74 Å². The Balaban J connectivity index is 1.80. The van der Waals surface area contributed by atoms with Gasteiger partial charge in [-0.05, 0) is 51.6 Å². The first-order valence-corrected chi connectivity index (χ1v) is 9.51. The number of hydrogen-bond donors (Lipinski definition) is 2. The molecule has 0 amide bonds. The molecule has 3 heterocycles. The van der Waals surface area contributed by atoms with Gasteiger partial charge in [-0.1, -0.05) is 0 Å². The number of pyridine rings is 1. The molecule has 28 heavy (non-hydrogen) atoms. The fourth-order valence-corrected chi connectivity index (χ4v) is 3.88. The predicted octanol–water partition coefficient (Wildman–Crippen LogP) is 3.22. The summed E-state index contributed by atoms with van der Waals surface area (Å²) in [4.78, 5) is 6.78. The molecule has 1 saturated heterocycles. The Bertz CT molecular complexity index is 1010. The standard InChI is InChI=1S/C21H25N5O2/c1-13-19-17(8-9-22-13)20(16-7-6-15(28-3)11-18(16)27)24-25-21(19)23-14-5-4-10-26(2)12-14/h6-9,11,14,27H,4-5,10,12H2,1-3H3,(H,23,25). The zero-order valence-electron chi connectivity index (χ0n) is 16.4. The second-order valence-corrected chi connectivity index (χ2v) is 7.34. The first-order chi connectivity index (χ1) is 13.6. The lowest BCUT2D eigenvalue weighted by Gasteiger charge is -2.30. The Morgan fingerprint density at radius 2 is 2.11 bits per heavy atom. The van der Waals surface area contributed by atoms with E-state index in [0.717, 1.165) is 48.2 Å². The number of anilines is 1. The van der Waals surface area contributed by atoms with E-state index in [9.17, 15) is 5.11 Å². The quantitative estimate of drug-likeness (QED) is 0.720. The maximum Gasteiger partial charge on any atom is 0.158 e. The van der Waals surface area contributed by atoms with Crippen LogP contribution < -0.4 is 10.1 Å². The average Bonchev–Trinajstić information content (AvgIpc) is 2.68. The molecule has 2 aromatic heterocycles. The SMILES string of the molecule is COc1ccc(-c2nnc(NC3CCCN(C)C3)c3c(C)nccc23)c(O)c1. The highest BCUT2D eigenvalue weighted by molar-refractivity contribution is 6.02. The number of rotatable bonds is 4. The van der Waals surface area contributed by atoms with Gasteiger partial charge in [0.1, 0.15) is 17.2 Å². The van der Waals surface area contributed by atoms with Gasteiger partial charge in [0.15, 0.2) is 5.82 Å². The summed E-state index contributed by atoms with van der Waals surface area (Å²) in [6, 6.07) is 7.45. The van der Waals surface area contributed by atoms with E-state index < -0.39 is 0 Å². The minimum Gasteiger partial charge on any atom is -0.507 e. The lowest BCUT2D eigenvalue weighted by Crippen LogP contribution is -2.40. The van der Waals surface area contributed by atoms with E-state index >= 15 is 0 Å². The van der Waals surface area contributed by atoms with Crippen LogP contribution in [0.1, 0.15) is 18.5 Å². The molecule has 0 spiro atoms. The van der Waals surface area contributed by atoms with Gasteiger partial charge in [-0.3, -0.25) is 4.98 Å². The third kappa shape index (κ3) is 3.45. The minimum atomic E-state index is 0.110. The lowest BCUT2D eigenvalue weighted by molar-refractivity contribution is 0.261. The fourth-order valence-electron chi connectivity index (χ4n) is 3.88. The summed E-state index contributed by atoms with van der Waals surface area (Å²) in [6.07, 6.45) is 4.03. The van der Waals surface area contributed by atoms with Crippen LogP contribution in [0.4, 0.5) is 5.82 Å². The molecule has 3 aromatic rings. The third-order valence-corrected chi connectivity index (χ3v) is 5.31. The summed E-state index contributed by atoms with van der Waals surface area (Å²) in [5, 5.41) is 24.9. The van der Waals surface area contributed by atoms with Crippen molar-refractivity contribution >= 4 is 16.6 Å². The Kier molecular flexibility index (Phi) is 5.00. The number of aryl methyl sites for hydroxylation is 1. The number of nitrogens with zero attached hydrogens (tertiary/aromatic N) is 4. The van der Waals surface area contributed by atoms with Crippen LogP contribution in [0, 0.1) is 6.92 Å². The zero-order valence-corrected chi connectivity index (χ0v) is 16.4. The number of likely N-dealkylation sites (tertiary alicyclic amines) is 1. The molecular formula is C21H25N5O2. The molecule has 146 valence electrons. The molecule has 1 aliphatic rings. The number of methoxy groups -OCH3 is 1. The molecule has 0 saturated carbocycles. The summed E-state index contributed by atoms with van der Waals surface area (Å²) in [5.74, 6) is 1.45. The number of benzene rings is 1. The van der Waals surface area contributed by atoms with Gasteiger partial charge >= 0.3 is 0 Å². The van der Waals surface area contributed by atoms with E-state index in [2.05, 4.69) is 32.4 Å². The van der Waals surface area contributed by atoms with E-state index in [1.807, 2.05) is 13.0 Å². The molecule has 1 unspecified atom stereocenters. The number of piperidine rings is 1. The van der Waals surface area contributed by atoms with Crippen molar-refractivity contribution in [3.63, 3.8) is 0 Å². The number of hydrogen-bond acceptors (Lipinski definition) is 7. The summed E-state index contributed by atoms with van der Waals surface area (Å²) < 4.78 is 5.18. The summed E-state index contributed by atoms with van der Waals surface area (Å²) in [7, 11) is 3.71. The van der Waals surface area contributed by atoms with Crippen molar-refractivity contribution in [3.05, 3.63) is 36.2 Å². The molecule has 7 heteroatoms. The van der Waals surface area contributed by atoms with Gasteiger partial charge in [-0.25, -0.2) is 0 Å². The Morgan fingerprint density at radius 3 is 2.86 bits per heavy atom.